The zero-order valence-electron chi connectivity index (χ0n) is 17.8. The average molecular weight is 413 g/mol. The van der Waals surface area contributed by atoms with E-state index in [1.807, 2.05) is 29.8 Å². The molecule has 0 amide bonds. The van der Waals surface area contributed by atoms with Crippen LogP contribution in [0.1, 0.15) is 51.1 Å². The molecule has 1 atom stereocenters. The topological polar surface area (TPSA) is 69.5 Å². The molecule has 0 unspecified atom stereocenters. The van der Waals surface area contributed by atoms with Gasteiger partial charge in [-0.2, -0.15) is 0 Å². The molecule has 0 N–H and O–H groups in total. The third-order valence-electron chi connectivity index (χ3n) is 6.40. The molecular weight excluding hydrogens is 380 g/mol. The molecule has 0 radical (unpaired) electrons. The number of rotatable bonds is 7. The Balaban J connectivity index is 1.42. The van der Waals surface area contributed by atoms with E-state index in [1.54, 1.807) is 12.4 Å². The van der Waals surface area contributed by atoms with E-state index in [4.69, 9.17) is 9.47 Å². The number of esters is 1. The second-order valence-corrected chi connectivity index (χ2v) is 8.39. The molecule has 2 aliphatic rings. The van der Waals surface area contributed by atoms with Crippen molar-refractivity contribution in [3.8, 4) is 5.95 Å². The van der Waals surface area contributed by atoms with Gasteiger partial charge >= 0.3 is 5.97 Å². The highest BCUT2D eigenvalue weighted by Gasteiger charge is 2.44. The average Bonchev–Trinajstić information content (AvgIpc) is 3.25. The number of ether oxygens (including phenoxy) is 2. The maximum atomic E-state index is 12.9. The van der Waals surface area contributed by atoms with Crippen LogP contribution in [0.4, 0.5) is 0 Å². The van der Waals surface area contributed by atoms with Crippen LogP contribution in [0, 0.1) is 5.41 Å². The Bertz CT molecular complexity index is 809. The van der Waals surface area contributed by atoms with Crippen molar-refractivity contribution in [1.29, 1.82) is 0 Å². The Hall–Kier alpha value is -2.25. The van der Waals surface area contributed by atoms with E-state index >= 15 is 0 Å². The Morgan fingerprint density at radius 1 is 1.23 bits per heavy atom. The van der Waals surface area contributed by atoms with Crippen molar-refractivity contribution in [2.75, 3.05) is 26.3 Å². The second kappa shape index (κ2) is 9.71. The van der Waals surface area contributed by atoms with Gasteiger partial charge in [0, 0.05) is 37.4 Å². The van der Waals surface area contributed by atoms with Crippen molar-refractivity contribution in [2.24, 2.45) is 5.41 Å². The number of aromatic nitrogens is 3. The van der Waals surface area contributed by atoms with E-state index in [2.05, 4.69) is 20.9 Å². The Kier molecular flexibility index (Phi) is 6.79. The molecule has 0 aromatic carbocycles. The normalized spacial score (nSPS) is 22.0. The number of hydrogen-bond donors (Lipinski definition) is 0. The summed E-state index contributed by atoms with van der Waals surface area (Å²) in [6.07, 6.45) is 11.5. The molecule has 2 fully saturated rings. The quantitative estimate of drug-likeness (QED) is 0.650. The molecule has 7 heteroatoms. The molecule has 7 nitrogen and oxygen atoms in total. The zero-order chi connectivity index (χ0) is 20.8. The largest absolute Gasteiger partial charge is 0.466 e. The second-order valence-electron chi connectivity index (χ2n) is 8.39. The van der Waals surface area contributed by atoms with Crippen LogP contribution in [-0.2, 0) is 20.8 Å². The van der Waals surface area contributed by atoms with E-state index < -0.39 is 5.41 Å². The third kappa shape index (κ3) is 4.73. The first kappa shape index (κ1) is 21.0. The van der Waals surface area contributed by atoms with Crippen LogP contribution in [0.15, 0.2) is 36.8 Å². The molecule has 0 spiro atoms. The molecule has 2 aliphatic heterocycles. The van der Waals surface area contributed by atoms with Crippen molar-refractivity contribution in [3.05, 3.63) is 42.5 Å². The molecule has 4 heterocycles. The molecule has 2 aromatic rings. The summed E-state index contributed by atoms with van der Waals surface area (Å²) in [5, 5.41) is 0. The number of nitrogens with zero attached hydrogens (tertiary/aromatic N) is 4. The SMILES string of the molecule is CCOC(=O)C1(C[C@@H]2CCCCO2)CCN(Cc2cccn2-c2ncccn2)CC1. The van der Waals surface area contributed by atoms with Gasteiger partial charge in [-0.15, -0.1) is 0 Å². The van der Waals surface area contributed by atoms with Gasteiger partial charge in [-0.25, -0.2) is 9.97 Å². The van der Waals surface area contributed by atoms with Crippen molar-refractivity contribution in [1.82, 2.24) is 19.4 Å². The summed E-state index contributed by atoms with van der Waals surface area (Å²) in [4.78, 5) is 24.1. The van der Waals surface area contributed by atoms with Gasteiger partial charge in [0.1, 0.15) is 0 Å². The van der Waals surface area contributed by atoms with Crippen LogP contribution in [0.5, 0.6) is 0 Å². The van der Waals surface area contributed by atoms with Gasteiger partial charge in [0.05, 0.1) is 18.1 Å². The van der Waals surface area contributed by atoms with Crippen molar-refractivity contribution in [2.45, 2.75) is 58.1 Å². The summed E-state index contributed by atoms with van der Waals surface area (Å²) in [5.74, 6) is 0.643. The lowest BCUT2D eigenvalue weighted by Crippen LogP contribution is -2.47. The minimum atomic E-state index is -0.418. The lowest BCUT2D eigenvalue weighted by atomic mass is 9.73. The Morgan fingerprint density at radius 3 is 2.73 bits per heavy atom. The molecule has 2 aromatic heterocycles. The maximum Gasteiger partial charge on any atom is 0.312 e. The van der Waals surface area contributed by atoms with Crippen LogP contribution in [0.2, 0.25) is 0 Å². The van der Waals surface area contributed by atoms with Gasteiger partial charge < -0.3 is 9.47 Å². The summed E-state index contributed by atoms with van der Waals surface area (Å²) in [6, 6.07) is 5.96. The van der Waals surface area contributed by atoms with Crippen molar-refractivity contribution in [3.63, 3.8) is 0 Å². The summed E-state index contributed by atoms with van der Waals surface area (Å²) in [6.45, 7) is 5.68. The number of hydrogen-bond acceptors (Lipinski definition) is 6. The summed E-state index contributed by atoms with van der Waals surface area (Å²) in [7, 11) is 0. The number of piperidine rings is 1. The molecule has 162 valence electrons. The van der Waals surface area contributed by atoms with Gasteiger partial charge in [-0.05, 0) is 76.7 Å². The number of carbonyl (C=O) groups excluding carboxylic acids is 1. The first-order valence-electron chi connectivity index (χ1n) is 11.1. The third-order valence-corrected chi connectivity index (χ3v) is 6.40. The lowest BCUT2D eigenvalue weighted by molar-refractivity contribution is -0.162. The van der Waals surface area contributed by atoms with Crippen molar-refractivity contribution < 1.29 is 14.3 Å². The predicted octanol–water partition coefficient (Wildman–Crippen LogP) is 3.37. The molecule has 4 rings (SSSR count). The fraction of sp³-hybridized carbons (Fsp3) is 0.609. The summed E-state index contributed by atoms with van der Waals surface area (Å²) in [5.41, 5.74) is 0.736. The fourth-order valence-electron chi connectivity index (χ4n) is 4.70. The van der Waals surface area contributed by atoms with Gasteiger partial charge in [0.25, 0.3) is 0 Å². The standard InChI is InChI=1S/C23H32N4O3/c1-2-29-21(28)23(17-20-8-3-4-16-30-20)9-14-26(15-10-23)18-19-7-5-13-27(19)22-24-11-6-12-25-22/h5-7,11-13,20H,2-4,8-10,14-18H2,1H3/t20-/m0/s1. The zero-order valence-corrected chi connectivity index (χ0v) is 17.8. The highest BCUT2D eigenvalue weighted by molar-refractivity contribution is 5.77. The highest BCUT2D eigenvalue weighted by Crippen LogP contribution is 2.40. The fourth-order valence-corrected chi connectivity index (χ4v) is 4.70. The highest BCUT2D eigenvalue weighted by atomic mass is 16.5. The molecule has 2 saturated heterocycles. The van der Waals surface area contributed by atoms with Gasteiger partial charge in [-0.3, -0.25) is 14.3 Å². The van der Waals surface area contributed by atoms with Crippen LogP contribution < -0.4 is 0 Å². The maximum absolute atomic E-state index is 12.9. The molecule has 0 aliphatic carbocycles. The van der Waals surface area contributed by atoms with Crippen LogP contribution in [0.3, 0.4) is 0 Å². The molecule has 30 heavy (non-hydrogen) atoms. The first-order chi connectivity index (χ1) is 14.7. The minimum Gasteiger partial charge on any atom is -0.466 e. The van der Waals surface area contributed by atoms with Crippen LogP contribution >= 0.6 is 0 Å². The smallest absolute Gasteiger partial charge is 0.312 e. The van der Waals surface area contributed by atoms with Crippen LogP contribution in [0.25, 0.3) is 5.95 Å². The Labute approximate surface area is 178 Å². The van der Waals surface area contributed by atoms with E-state index in [0.717, 1.165) is 64.0 Å². The summed E-state index contributed by atoms with van der Waals surface area (Å²) >= 11 is 0. The van der Waals surface area contributed by atoms with Gasteiger partial charge in [0.2, 0.25) is 5.95 Å². The van der Waals surface area contributed by atoms with E-state index in [1.165, 1.54) is 6.42 Å². The summed E-state index contributed by atoms with van der Waals surface area (Å²) < 4.78 is 13.5. The minimum absolute atomic E-state index is 0.0418. The van der Waals surface area contributed by atoms with E-state index in [9.17, 15) is 4.79 Å². The van der Waals surface area contributed by atoms with Crippen molar-refractivity contribution >= 4 is 5.97 Å². The van der Waals surface area contributed by atoms with Gasteiger partial charge in [0.15, 0.2) is 0 Å². The van der Waals surface area contributed by atoms with Gasteiger partial charge in [-0.1, -0.05) is 0 Å². The van der Waals surface area contributed by atoms with Crippen LogP contribution in [-0.4, -0.2) is 57.8 Å². The van der Waals surface area contributed by atoms with E-state index in [0.29, 0.717) is 12.6 Å². The van der Waals surface area contributed by atoms with E-state index in [-0.39, 0.29) is 12.1 Å². The lowest BCUT2D eigenvalue weighted by Gasteiger charge is -2.42. The number of carbonyl (C=O) groups is 1. The Morgan fingerprint density at radius 2 is 2.03 bits per heavy atom. The monoisotopic (exact) mass is 412 g/mol. The molecule has 0 bridgehead atoms. The number of likely N-dealkylation sites (tertiary alicyclic amines) is 1. The molecular formula is C23H32N4O3. The first-order valence-corrected chi connectivity index (χ1v) is 11.1. The predicted molar refractivity (Wildman–Crippen MR) is 113 cm³/mol. The molecule has 0 saturated carbocycles.